The lowest BCUT2D eigenvalue weighted by Crippen LogP contribution is -2.37. The second kappa shape index (κ2) is 11.3. The van der Waals surface area contributed by atoms with Crippen LogP contribution in [-0.2, 0) is 9.59 Å². The van der Waals surface area contributed by atoms with Crippen molar-refractivity contribution in [2.24, 2.45) is 0 Å². The summed E-state index contributed by atoms with van der Waals surface area (Å²) in [4.78, 5) is 41.0. The summed E-state index contributed by atoms with van der Waals surface area (Å²) >= 11 is 0. The minimum Gasteiger partial charge on any atom is -0.493 e. The van der Waals surface area contributed by atoms with Gasteiger partial charge in [0, 0.05) is 44.6 Å². The molecule has 0 radical (unpaired) electrons. The van der Waals surface area contributed by atoms with Crippen LogP contribution in [0.5, 0.6) is 5.75 Å². The van der Waals surface area contributed by atoms with E-state index >= 15 is 0 Å². The molecule has 0 saturated carbocycles. The highest BCUT2D eigenvalue weighted by Gasteiger charge is 2.22. The number of Topliss-reactive ketones (excluding diaryl/α,β-unsaturated/α-hetero) is 1. The minimum atomic E-state index is -0.0258. The van der Waals surface area contributed by atoms with E-state index in [1.54, 1.807) is 21.9 Å². The van der Waals surface area contributed by atoms with Gasteiger partial charge in [0.25, 0.3) is 0 Å². The van der Waals surface area contributed by atoms with Gasteiger partial charge in [-0.3, -0.25) is 14.4 Å². The van der Waals surface area contributed by atoms with E-state index in [-0.39, 0.29) is 30.4 Å². The van der Waals surface area contributed by atoms with Crippen molar-refractivity contribution in [2.75, 3.05) is 32.8 Å². The van der Waals surface area contributed by atoms with Crippen LogP contribution in [0.3, 0.4) is 0 Å². The summed E-state index contributed by atoms with van der Waals surface area (Å²) in [5.41, 5.74) is 1.74. The van der Waals surface area contributed by atoms with Crippen LogP contribution in [0.4, 0.5) is 0 Å². The summed E-state index contributed by atoms with van der Waals surface area (Å²) in [6.45, 7) is 4.58. The molecule has 0 spiro atoms. The summed E-state index contributed by atoms with van der Waals surface area (Å²) in [6, 6.07) is 16.9. The van der Waals surface area contributed by atoms with E-state index in [1.807, 2.05) is 49.4 Å². The summed E-state index contributed by atoms with van der Waals surface area (Å²) in [5, 5.41) is 0. The highest BCUT2D eigenvalue weighted by atomic mass is 16.5. The number of hydrogen-bond donors (Lipinski definition) is 0. The first-order valence-corrected chi connectivity index (χ1v) is 10.9. The first-order valence-electron chi connectivity index (χ1n) is 10.9. The SMILES string of the molecule is Cc1ccc(C(=O)CCC(=O)N2CCCN(C(=O)CCOc3ccccc3)CC2)cc1. The van der Waals surface area contributed by atoms with Crippen LogP contribution in [0.1, 0.15) is 41.6 Å². The normalized spacial score (nSPS) is 14.1. The third-order valence-electron chi connectivity index (χ3n) is 5.47. The molecule has 31 heavy (non-hydrogen) atoms. The molecular weight excluding hydrogens is 392 g/mol. The maximum absolute atomic E-state index is 12.6. The summed E-state index contributed by atoms with van der Waals surface area (Å²) < 4.78 is 5.61. The molecule has 6 nitrogen and oxygen atoms in total. The summed E-state index contributed by atoms with van der Waals surface area (Å²) in [7, 11) is 0. The number of hydrogen-bond acceptors (Lipinski definition) is 4. The van der Waals surface area contributed by atoms with Gasteiger partial charge in [0.15, 0.2) is 5.78 Å². The zero-order chi connectivity index (χ0) is 22.1. The Morgan fingerprint density at radius 1 is 0.774 bits per heavy atom. The van der Waals surface area contributed by atoms with Gasteiger partial charge in [-0.1, -0.05) is 48.0 Å². The lowest BCUT2D eigenvalue weighted by molar-refractivity contribution is -0.133. The molecule has 6 heteroatoms. The molecule has 1 heterocycles. The van der Waals surface area contributed by atoms with Gasteiger partial charge in [-0.25, -0.2) is 0 Å². The Kier molecular flexibility index (Phi) is 8.21. The van der Waals surface area contributed by atoms with E-state index < -0.39 is 0 Å². The second-order valence-corrected chi connectivity index (χ2v) is 7.82. The molecule has 1 saturated heterocycles. The van der Waals surface area contributed by atoms with E-state index in [0.29, 0.717) is 44.8 Å². The maximum Gasteiger partial charge on any atom is 0.226 e. The van der Waals surface area contributed by atoms with Crippen LogP contribution >= 0.6 is 0 Å². The van der Waals surface area contributed by atoms with E-state index in [4.69, 9.17) is 4.74 Å². The molecule has 0 unspecified atom stereocenters. The highest BCUT2D eigenvalue weighted by Crippen LogP contribution is 2.12. The monoisotopic (exact) mass is 422 g/mol. The Bertz CT molecular complexity index is 880. The second-order valence-electron chi connectivity index (χ2n) is 7.82. The largest absolute Gasteiger partial charge is 0.493 e. The Labute approximate surface area is 183 Å². The Morgan fingerprint density at radius 2 is 1.39 bits per heavy atom. The molecule has 3 rings (SSSR count). The molecule has 164 valence electrons. The maximum atomic E-state index is 12.6. The van der Waals surface area contributed by atoms with E-state index in [0.717, 1.165) is 17.7 Å². The number of amides is 2. The molecule has 0 aliphatic carbocycles. The van der Waals surface area contributed by atoms with Crippen LogP contribution in [-0.4, -0.2) is 60.2 Å². The lowest BCUT2D eigenvalue weighted by Gasteiger charge is -2.22. The molecule has 2 aromatic rings. The average molecular weight is 423 g/mol. The number of carbonyl (C=O) groups excluding carboxylic acids is 3. The van der Waals surface area contributed by atoms with Crippen molar-refractivity contribution in [3.05, 3.63) is 65.7 Å². The van der Waals surface area contributed by atoms with Gasteiger partial charge < -0.3 is 14.5 Å². The fraction of sp³-hybridized carbons (Fsp3) is 0.400. The standard InChI is InChI=1S/C25H30N2O4/c1-20-8-10-21(11-9-20)23(28)12-13-24(29)26-15-5-16-27(18-17-26)25(30)14-19-31-22-6-3-2-4-7-22/h2-4,6-11H,5,12-19H2,1H3. The van der Waals surface area contributed by atoms with E-state index in [2.05, 4.69) is 0 Å². The summed E-state index contributed by atoms with van der Waals surface area (Å²) in [6.07, 6.45) is 1.46. The first-order chi connectivity index (χ1) is 15.0. The number of carbonyl (C=O) groups is 3. The van der Waals surface area contributed by atoms with Crippen LogP contribution in [0.25, 0.3) is 0 Å². The molecule has 2 aromatic carbocycles. The minimum absolute atomic E-state index is 0.0154. The number of ether oxygens (including phenoxy) is 1. The fourth-order valence-corrected chi connectivity index (χ4v) is 3.61. The molecule has 1 fully saturated rings. The summed E-state index contributed by atoms with van der Waals surface area (Å²) in [5.74, 6) is 0.753. The number of aryl methyl sites for hydroxylation is 1. The number of rotatable bonds is 8. The number of benzene rings is 2. The van der Waals surface area contributed by atoms with Gasteiger partial charge in [-0.2, -0.15) is 0 Å². The van der Waals surface area contributed by atoms with Gasteiger partial charge in [-0.15, -0.1) is 0 Å². The third-order valence-corrected chi connectivity index (χ3v) is 5.47. The molecule has 0 N–H and O–H groups in total. The predicted molar refractivity (Wildman–Crippen MR) is 119 cm³/mol. The van der Waals surface area contributed by atoms with Gasteiger partial charge in [-0.05, 0) is 25.5 Å². The van der Waals surface area contributed by atoms with Crippen LogP contribution in [0.2, 0.25) is 0 Å². The van der Waals surface area contributed by atoms with Crippen LogP contribution in [0.15, 0.2) is 54.6 Å². The van der Waals surface area contributed by atoms with Crippen molar-refractivity contribution >= 4 is 17.6 Å². The molecule has 0 bridgehead atoms. The van der Waals surface area contributed by atoms with Gasteiger partial charge in [0.2, 0.25) is 11.8 Å². The first kappa shape index (κ1) is 22.5. The Hall–Kier alpha value is -3.15. The topological polar surface area (TPSA) is 66.9 Å². The van der Waals surface area contributed by atoms with Crippen molar-refractivity contribution in [1.29, 1.82) is 0 Å². The zero-order valence-corrected chi connectivity index (χ0v) is 18.1. The van der Waals surface area contributed by atoms with Gasteiger partial charge in [0.1, 0.15) is 5.75 Å². The van der Waals surface area contributed by atoms with Crippen molar-refractivity contribution in [3.8, 4) is 5.75 Å². The van der Waals surface area contributed by atoms with E-state index in [1.165, 1.54) is 0 Å². The quantitative estimate of drug-likeness (QED) is 0.611. The fourth-order valence-electron chi connectivity index (χ4n) is 3.61. The molecule has 0 aromatic heterocycles. The van der Waals surface area contributed by atoms with Crippen molar-refractivity contribution in [3.63, 3.8) is 0 Å². The van der Waals surface area contributed by atoms with Crippen LogP contribution < -0.4 is 4.74 Å². The molecule has 2 amide bonds. The van der Waals surface area contributed by atoms with Crippen molar-refractivity contribution in [1.82, 2.24) is 9.80 Å². The molecule has 0 atom stereocenters. The third kappa shape index (κ3) is 6.95. The Morgan fingerprint density at radius 3 is 2.03 bits per heavy atom. The number of nitrogens with zero attached hydrogens (tertiary/aromatic N) is 2. The van der Waals surface area contributed by atoms with Crippen molar-refractivity contribution in [2.45, 2.75) is 32.6 Å². The van der Waals surface area contributed by atoms with Crippen molar-refractivity contribution < 1.29 is 19.1 Å². The van der Waals surface area contributed by atoms with Gasteiger partial charge in [0.05, 0.1) is 13.0 Å². The molecular formula is C25H30N2O4. The predicted octanol–water partition coefficient (Wildman–Crippen LogP) is 3.49. The average Bonchev–Trinajstić information content (AvgIpc) is 3.05. The Balaban J connectivity index is 1.40. The molecule has 1 aliphatic rings. The van der Waals surface area contributed by atoms with E-state index in [9.17, 15) is 14.4 Å². The number of ketones is 1. The molecule has 1 aliphatic heterocycles. The highest BCUT2D eigenvalue weighted by molar-refractivity contribution is 5.98. The zero-order valence-electron chi connectivity index (χ0n) is 18.1. The van der Waals surface area contributed by atoms with Gasteiger partial charge >= 0.3 is 0 Å². The van der Waals surface area contributed by atoms with Crippen LogP contribution in [0, 0.1) is 6.92 Å². The number of para-hydroxylation sites is 1. The smallest absolute Gasteiger partial charge is 0.226 e. The lowest BCUT2D eigenvalue weighted by atomic mass is 10.0.